The van der Waals surface area contributed by atoms with Crippen LogP contribution in [-0.2, 0) is 4.79 Å². The fraction of sp³-hybridized carbons (Fsp3) is 0.118. The predicted octanol–water partition coefficient (Wildman–Crippen LogP) is 2.03. The van der Waals surface area contributed by atoms with E-state index in [1.807, 2.05) is 0 Å². The van der Waals surface area contributed by atoms with Crippen LogP contribution in [0.3, 0.4) is 0 Å². The summed E-state index contributed by atoms with van der Waals surface area (Å²) in [7, 11) is 0. The Morgan fingerprint density at radius 2 is 1.71 bits per heavy atom. The van der Waals surface area contributed by atoms with Crippen molar-refractivity contribution in [2.45, 2.75) is 6.42 Å². The minimum Gasteiger partial charge on any atom is -0.396 e. The average molecular weight is 327 g/mol. The molecule has 1 aliphatic heterocycles. The zero-order valence-electron chi connectivity index (χ0n) is 12.6. The highest BCUT2D eigenvalue weighted by Crippen LogP contribution is 2.22. The van der Waals surface area contributed by atoms with Gasteiger partial charge in [0, 0.05) is 18.7 Å². The first-order chi connectivity index (χ1) is 11.5. The third-order valence-corrected chi connectivity index (χ3v) is 3.72. The van der Waals surface area contributed by atoms with Gasteiger partial charge in [-0.25, -0.2) is 4.39 Å². The number of nitrogens with zero attached hydrogens (tertiary/aromatic N) is 1. The van der Waals surface area contributed by atoms with E-state index in [0.717, 1.165) is 11.0 Å². The number of nitrogen functional groups attached to an aromatic ring is 1. The van der Waals surface area contributed by atoms with E-state index in [0.29, 0.717) is 16.8 Å². The fourth-order valence-corrected chi connectivity index (χ4v) is 2.50. The van der Waals surface area contributed by atoms with E-state index in [2.05, 4.69) is 5.32 Å². The number of benzene rings is 2. The molecule has 0 radical (unpaired) electrons. The maximum absolute atomic E-state index is 13.1. The smallest absolute Gasteiger partial charge is 0.261 e. The Labute approximate surface area is 137 Å². The van der Waals surface area contributed by atoms with Crippen LogP contribution in [0.5, 0.6) is 0 Å². The van der Waals surface area contributed by atoms with Crippen LogP contribution >= 0.6 is 0 Å². The molecule has 0 atom stereocenters. The van der Waals surface area contributed by atoms with Gasteiger partial charge in [0.05, 0.1) is 16.8 Å². The van der Waals surface area contributed by atoms with Crippen molar-refractivity contribution in [3.05, 3.63) is 59.4 Å². The van der Waals surface area contributed by atoms with Crippen LogP contribution in [0.15, 0.2) is 42.5 Å². The maximum Gasteiger partial charge on any atom is 0.261 e. The highest BCUT2D eigenvalue weighted by Gasteiger charge is 2.34. The number of carbonyl (C=O) groups is 3. The van der Waals surface area contributed by atoms with Gasteiger partial charge >= 0.3 is 0 Å². The number of nitrogens with one attached hydrogen (secondary N) is 1. The average Bonchev–Trinajstić information content (AvgIpc) is 2.81. The summed E-state index contributed by atoms with van der Waals surface area (Å²) in [4.78, 5) is 37.4. The van der Waals surface area contributed by atoms with Gasteiger partial charge in [0.1, 0.15) is 5.82 Å². The lowest BCUT2D eigenvalue weighted by molar-refractivity contribution is -0.116. The van der Waals surface area contributed by atoms with Crippen molar-refractivity contribution in [3.8, 4) is 0 Å². The highest BCUT2D eigenvalue weighted by molar-refractivity contribution is 6.21. The Kier molecular flexibility index (Phi) is 3.99. The van der Waals surface area contributed by atoms with Gasteiger partial charge in [-0.2, -0.15) is 0 Å². The van der Waals surface area contributed by atoms with E-state index in [9.17, 15) is 18.8 Å². The first-order valence-corrected chi connectivity index (χ1v) is 7.27. The van der Waals surface area contributed by atoms with E-state index >= 15 is 0 Å². The number of amides is 3. The second-order valence-electron chi connectivity index (χ2n) is 5.34. The Morgan fingerprint density at radius 1 is 1.08 bits per heavy atom. The normalized spacial score (nSPS) is 13.1. The number of hydrogen-bond acceptors (Lipinski definition) is 4. The standard InChI is InChI=1S/C17H14FN3O3/c18-13-6-5-10(9-14(13)19)20-15(22)7-8-21-16(23)11-3-1-2-4-12(11)17(21)24/h1-6,9H,7-8,19H2,(H,20,22). The van der Waals surface area contributed by atoms with Gasteiger partial charge in [-0.3, -0.25) is 19.3 Å². The molecule has 0 fully saturated rings. The van der Waals surface area contributed by atoms with Crippen molar-refractivity contribution in [2.24, 2.45) is 0 Å². The summed E-state index contributed by atoms with van der Waals surface area (Å²) >= 11 is 0. The Bertz CT molecular complexity index is 816. The van der Waals surface area contributed by atoms with Crippen LogP contribution in [0.4, 0.5) is 15.8 Å². The summed E-state index contributed by atoms with van der Waals surface area (Å²) in [5.74, 6) is -1.79. The molecule has 0 saturated carbocycles. The van der Waals surface area contributed by atoms with E-state index in [-0.39, 0.29) is 18.7 Å². The van der Waals surface area contributed by atoms with Crippen LogP contribution in [0.25, 0.3) is 0 Å². The summed E-state index contributed by atoms with van der Waals surface area (Å²) in [5.41, 5.74) is 6.39. The molecule has 2 aromatic carbocycles. The second kappa shape index (κ2) is 6.11. The fourth-order valence-electron chi connectivity index (χ4n) is 2.50. The van der Waals surface area contributed by atoms with E-state index in [1.165, 1.54) is 12.1 Å². The molecule has 0 aromatic heterocycles. The molecule has 0 aliphatic carbocycles. The molecule has 2 aromatic rings. The number of hydrogen-bond donors (Lipinski definition) is 2. The largest absolute Gasteiger partial charge is 0.396 e. The van der Waals surface area contributed by atoms with Crippen molar-refractivity contribution in [1.29, 1.82) is 0 Å². The number of imide groups is 1. The molecule has 3 amide bonds. The number of nitrogens with two attached hydrogens (primary N) is 1. The van der Waals surface area contributed by atoms with Gasteiger partial charge in [-0.1, -0.05) is 12.1 Å². The molecular weight excluding hydrogens is 313 g/mol. The molecule has 7 heteroatoms. The lowest BCUT2D eigenvalue weighted by atomic mass is 10.1. The van der Waals surface area contributed by atoms with Crippen molar-refractivity contribution in [3.63, 3.8) is 0 Å². The summed E-state index contributed by atoms with van der Waals surface area (Å²) < 4.78 is 13.1. The van der Waals surface area contributed by atoms with Gasteiger partial charge in [-0.05, 0) is 30.3 Å². The van der Waals surface area contributed by atoms with Crippen LogP contribution in [0.2, 0.25) is 0 Å². The Balaban J connectivity index is 1.62. The maximum atomic E-state index is 13.1. The molecule has 0 spiro atoms. The third kappa shape index (κ3) is 2.83. The van der Waals surface area contributed by atoms with Crippen LogP contribution < -0.4 is 11.1 Å². The molecule has 1 aliphatic rings. The quantitative estimate of drug-likeness (QED) is 0.664. The van der Waals surface area contributed by atoms with E-state index in [4.69, 9.17) is 5.73 Å². The van der Waals surface area contributed by atoms with Crippen LogP contribution in [0, 0.1) is 5.82 Å². The first-order valence-electron chi connectivity index (χ1n) is 7.27. The molecule has 24 heavy (non-hydrogen) atoms. The summed E-state index contributed by atoms with van der Waals surface area (Å²) in [6.45, 7) is -0.0329. The Hall–Kier alpha value is -3.22. The molecule has 0 bridgehead atoms. The van der Waals surface area contributed by atoms with E-state index in [1.54, 1.807) is 24.3 Å². The van der Waals surface area contributed by atoms with Gasteiger partial charge in [0.2, 0.25) is 5.91 Å². The molecule has 0 unspecified atom stereocenters. The predicted molar refractivity (Wildman–Crippen MR) is 85.9 cm³/mol. The van der Waals surface area contributed by atoms with E-state index < -0.39 is 23.5 Å². The Morgan fingerprint density at radius 3 is 2.29 bits per heavy atom. The monoisotopic (exact) mass is 327 g/mol. The van der Waals surface area contributed by atoms with Crippen LogP contribution in [0.1, 0.15) is 27.1 Å². The number of anilines is 2. The first kappa shape index (κ1) is 15.7. The summed E-state index contributed by atoms with van der Waals surface area (Å²) in [6.07, 6.45) is -0.0667. The highest BCUT2D eigenvalue weighted by atomic mass is 19.1. The summed E-state index contributed by atoms with van der Waals surface area (Å²) in [5, 5.41) is 2.55. The summed E-state index contributed by atoms with van der Waals surface area (Å²) in [6, 6.07) is 10.3. The van der Waals surface area contributed by atoms with Gasteiger partial charge in [-0.15, -0.1) is 0 Å². The van der Waals surface area contributed by atoms with Crippen molar-refractivity contribution in [2.75, 3.05) is 17.6 Å². The lowest BCUT2D eigenvalue weighted by Gasteiger charge is -2.13. The molecule has 122 valence electrons. The number of carbonyl (C=O) groups excluding carboxylic acids is 3. The second-order valence-corrected chi connectivity index (χ2v) is 5.34. The van der Waals surface area contributed by atoms with Crippen molar-refractivity contribution < 1.29 is 18.8 Å². The van der Waals surface area contributed by atoms with Gasteiger partial charge < -0.3 is 11.1 Å². The molecule has 1 heterocycles. The molecule has 6 nitrogen and oxygen atoms in total. The van der Waals surface area contributed by atoms with Crippen molar-refractivity contribution >= 4 is 29.1 Å². The zero-order chi connectivity index (χ0) is 17.3. The van der Waals surface area contributed by atoms with Crippen molar-refractivity contribution in [1.82, 2.24) is 4.90 Å². The number of rotatable bonds is 4. The molecule has 3 N–H and O–H groups in total. The molecular formula is C17H14FN3O3. The SMILES string of the molecule is Nc1cc(NC(=O)CCN2C(=O)c3ccccc3C2=O)ccc1F. The lowest BCUT2D eigenvalue weighted by Crippen LogP contribution is -2.32. The topological polar surface area (TPSA) is 92.5 Å². The molecule has 3 rings (SSSR count). The third-order valence-electron chi connectivity index (χ3n) is 3.72. The number of halogens is 1. The van der Waals surface area contributed by atoms with Gasteiger partial charge in [0.25, 0.3) is 11.8 Å². The van der Waals surface area contributed by atoms with Crippen LogP contribution in [-0.4, -0.2) is 29.2 Å². The minimum atomic E-state index is -0.570. The molecule has 0 saturated heterocycles. The minimum absolute atomic E-state index is 0.0329. The zero-order valence-corrected chi connectivity index (χ0v) is 12.6. The number of fused-ring (bicyclic) bond motifs is 1. The van der Waals surface area contributed by atoms with Gasteiger partial charge in [0.15, 0.2) is 0 Å².